The molecule has 0 spiro atoms. The topological polar surface area (TPSA) is 46.5 Å². The number of ether oxygens (including phenoxy) is 1. The molecule has 3 nitrogen and oxygen atoms in total. The molecule has 0 unspecified atom stereocenters. The molecule has 6 heteroatoms. The van der Waals surface area contributed by atoms with E-state index >= 15 is 0 Å². The van der Waals surface area contributed by atoms with Crippen LogP contribution in [0.4, 0.5) is 0 Å². The van der Waals surface area contributed by atoms with E-state index in [-0.39, 0.29) is 4.91 Å². The molecule has 0 saturated heterocycles. The summed E-state index contributed by atoms with van der Waals surface area (Å²) in [7, 11) is 1.57. The van der Waals surface area contributed by atoms with Crippen molar-refractivity contribution < 1.29 is 14.6 Å². The van der Waals surface area contributed by atoms with Gasteiger partial charge in [-0.25, -0.2) is 4.79 Å². The number of aliphatic carboxylic acids is 1. The van der Waals surface area contributed by atoms with Crippen molar-refractivity contribution in [2.45, 2.75) is 0 Å². The molecule has 0 aliphatic rings. The molecule has 1 N–H and O–H groups in total. The Morgan fingerprint density at radius 2 is 0.827 bits per heavy atom. The van der Waals surface area contributed by atoms with Crippen LogP contribution in [0.15, 0.2) is 211 Å². The number of rotatable bonds is 9. The molecule has 7 rings (SSSR count). The first-order chi connectivity index (χ1) is 25.5. The summed E-state index contributed by atoms with van der Waals surface area (Å²) >= 11 is 0.672. The quantitative estimate of drug-likeness (QED) is 0.109. The first kappa shape index (κ1) is 38.6. The van der Waals surface area contributed by atoms with E-state index in [9.17, 15) is 4.79 Å². The summed E-state index contributed by atoms with van der Waals surface area (Å²) in [5, 5.41) is 8.55. The van der Waals surface area contributed by atoms with Gasteiger partial charge >= 0.3 is 249 Å². The molecule has 0 heterocycles. The predicted molar refractivity (Wildman–Crippen MR) is 224 cm³/mol. The second-order valence-electron chi connectivity index (χ2n) is 11.5. The first-order valence-corrected chi connectivity index (χ1v) is 25.8. The summed E-state index contributed by atoms with van der Waals surface area (Å²) in [4.78, 5) is 10.3. The van der Waals surface area contributed by atoms with Gasteiger partial charge in [-0.1, -0.05) is 23.1 Å². The van der Waals surface area contributed by atoms with Gasteiger partial charge in [-0.2, -0.15) is 0 Å². The summed E-state index contributed by atoms with van der Waals surface area (Å²) in [6.07, 6.45) is 1.43. The van der Waals surface area contributed by atoms with Gasteiger partial charge in [0.05, 0.1) is 7.11 Å². The van der Waals surface area contributed by atoms with Gasteiger partial charge in [-0.15, -0.1) is 0 Å². The van der Waals surface area contributed by atoms with Crippen molar-refractivity contribution in [3.63, 3.8) is 0 Å². The Balaban J connectivity index is 0.000000153. The van der Waals surface area contributed by atoms with Crippen molar-refractivity contribution >= 4 is 85.7 Å². The van der Waals surface area contributed by atoms with Crippen LogP contribution in [0, 0.1) is 0 Å². The molecule has 0 atom stereocenters. The summed E-state index contributed by atoms with van der Waals surface area (Å²) in [5.41, 5.74) is 0.748. The van der Waals surface area contributed by atoms with E-state index < -0.39 is 45.5 Å². The third-order valence-electron chi connectivity index (χ3n) is 8.00. The van der Waals surface area contributed by atoms with Gasteiger partial charge in [-0.05, 0) is 17.7 Å². The van der Waals surface area contributed by atoms with Gasteiger partial charge in [0.1, 0.15) is 5.75 Å². The van der Waals surface area contributed by atoms with Crippen molar-refractivity contribution in [1.82, 2.24) is 0 Å². The van der Waals surface area contributed by atoms with Crippen LogP contribution in [0.3, 0.4) is 0 Å². The van der Waals surface area contributed by atoms with Crippen LogP contribution in [0.25, 0.3) is 6.08 Å². The number of carbonyl (C=O) groups is 1. The van der Waals surface area contributed by atoms with Gasteiger partial charge < -0.3 is 22.5 Å². The van der Waals surface area contributed by atoms with Gasteiger partial charge in [-0.3, -0.25) is 0 Å². The van der Waals surface area contributed by atoms with E-state index in [2.05, 4.69) is 195 Å². The molecule has 255 valence electrons. The monoisotopic (exact) mass is 911 g/mol. The Kier molecular flexibility index (Phi) is 15.6. The number of carboxylic acids is 1. The van der Waals surface area contributed by atoms with Crippen molar-refractivity contribution in [3.8, 4) is 5.75 Å². The van der Waals surface area contributed by atoms with Crippen LogP contribution in [-0.2, 0) is 17.4 Å². The molecular weight excluding hydrogens is 870 g/mol. The molecule has 0 aromatic heterocycles. The minimum atomic E-state index is -1.98. The fourth-order valence-electron chi connectivity index (χ4n) is 5.54. The normalized spacial score (nSPS) is 10.5. The molecule has 7 aromatic rings. The molecule has 0 bridgehead atoms. The van der Waals surface area contributed by atoms with Crippen LogP contribution >= 0.6 is 0 Å². The number of methoxy groups -OCH3 is 1. The van der Waals surface area contributed by atoms with Crippen molar-refractivity contribution in [1.29, 1.82) is 0 Å². The Bertz CT molecular complexity index is 1770. The minimum absolute atomic E-state index is 0.102. The molecule has 7 aromatic carbocycles. The molecule has 0 aliphatic heterocycles. The SMILES string of the molecule is COc1ccc(/C=C(/[S-])C(=O)O)cc1.c1cc[c]([Sn+]([c]2ccccc2)[c]2ccccc2)cc1.c1cc[c]([Sn]([c]2ccccc2)[c]2ccccc2)cc1. The summed E-state index contributed by atoms with van der Waals surface area (Å²) in [5.74, 6) is -0.362. The van der Waals surface area contributed by atoms with Crippen LogP contribution in [-0.4, -0.2) is 57.7 Å². The zero-order valence-corrected chi connectivity index (χ0v) is 35.4. The second kappa shape index (κ2) is 21.0. The van der Waals surface area contributed by atoms with Crippen LogP contribution in [0.1, 0.15) is 5.56 Å². The predicted octanol–water partition coefficient (Wildman–Crippen LogP) is 6.07. The van der Waals surface area contributed by atoms with Crippen LogP contribution in [0.2, 0.25) is 0 Å². The average Bonchev–Trinajstić information content (AvgIpc) is 3.21. The fraction of sp³-hybridized carbons (Fsp3) is 0.0217. The second-order valence-corrected chi connectivity index (χ2v) is 26.1. The van der Waals surface area contributed by atoms with E-state index in [4.69, 9.17) is 9.84 Å². The molecule has 0 aliphatic carbocycles. The van der Waals surface area contributed by atoms with E-state index in [1.165, 1.54) is 27.6 Å². The maximum absolute atomic E-state index is 10.4. The van der Waals surface area contributed by atoms with Gasteiger partial charge in [0, 0.05) is 0 Å². The first-order valence-electron chi connectivity index (χ1n) is 16.9. The van der Waals surface area contributed by atoms with Crippen molar-refractivity contribution in [2.24, 2.45) is 0 Å². The molecular formula is C46H39O3SSn2. The summed E-state index contributed by atoms with van der Waals surface area (Å²) in [6.45, 7) is 0. The Morgan fingerprint density at radius 1 is 0.519 bits per heavy atom. The number of carboxylic acid groups (broad SMARTS) is 1. The molecule has 0 amide bonds. The van der Waals surface area contributed by atoms with Crippen LogP contribution in [0.5, 0.6) is 5.75 Å². The zero-order chi connectivity index (χ0) is 36.4. The Morgan fingerprint density at radius 3 is 1.12 bits per heavy atom. The molecule has 0 saturated carbocycles. The van der Waals surface area contributed by atoms with E-state index in [1.54, 1.807) is 31.4 Å². The standard InChI is InChI=1S/C10H10O3S.6C6H5.2Sn/c1-13-8-4-2-7(3-5-8)6-9(14)10(11)12;6*1-2-4-6-5-3-1;;/h2-6,14H,1H3,(H,11,12);6*1-5H;;/q;;;;;;;;+1/p-1/b9-6+;;;;;;;;. The molecule has 52 heavy (non-hydrogen) atoms. The summed E-state index contributed by atoms with van der Waals surface area (Å²) < 4.78 is 14.1. The fourth-order valence-corrected chi connectivity index (χ4v) is 20.4. The van der Waals surface area contributed by atoms with E-state index in [1.807, 2.05) is 0 Å². The maximum atomic E-state index is 10.4. The molecule has 1 radical (unpaired) electrons. The number of hydrogen-bond donors (Lipinski definition) is 1. The average molecular weight is 909 g/mol. The van der Waals surface area contributed by atoms with E-state index in [0.717, 1.165) is 11.3 Å². The van der Waals surface area contributed by atoms with Crippen LogP contribution < -0.4 is 26.2 Å². The number of benzene rings is 7. The zero-order valence-electron chi connectivity index (χ0n) is 28.9. The third kappa shape index (κ3) is 11.7. The number of hydrogen-bond acceptors (Lipinski definition) is 3. The van der Waals surface area contributed by atoms with Crippen molar-refractivity contribution in [2.75, 3.05) is 7.11 Å². The summed E-state index contributed by atoms with van der Waals surface area (Å²) in [6, 6.07) is 72.9. The van der Waals surface area contributed by atoms with Crippen molar-refractivity contribution in [3.05, 3.63) is 217 Å². The molecule has 0 fully saturated rings. The van der Waals surface area contributed by atoms with Gasteiger partial charge in [0.2, 0.25) is 0 Å². The van der Waals surface area contributed by atoms with E-state index in [0.29, 0.717) is 0 Å². The third-order valence-corrected chi connectivity index (χ3v) is 23.9. The Labute approximate surface area is 327 Å². The van der Waals surface area contributed by atoms with Gasteiger partial charge in [0.25, 0.3) is 0 Å². The van der Waals surface area contributed by atoms with Gasteiger partial charge in [0.15, 0.2) is 0 Å². The Hall–Kier alpha value is -4.63.